The highest BCUT2D eigenvalue weighted by Crippen LogP contribution is 2.17. The molecule has 1 atom stereocenters. The predicted octanol–water partition coefficient (Wildman–Crippen LogP) is 3.29. The number of benzene rings is 1. The third-order valence-corrected chi connectivity index (χ3v) is 2.42. The summed E-state index contributed by atoms with van der Waals surface area (Å²) in [5.74, 6) is 0. The van der Waals surface area contributed by atoms with Crippen LogP contribution < -0.4 is 5.32 Å². The molecule has 0 aliphatic heterocycles. The molecule has 15 heavy (non-hydrogen) atoms. The molecule has 0 aliphatic rings. The molecular formula is C12H15ClN2. The lowest BCUT2D eigenvalue weighted by Crippen LogP contribution is -2.20. The van der Waals surface area contributed by atoms with Crippen LogP contribution in [-0.2, 0) is 0 Å². The molecule has 0 fully saturated rings. The van der Waals surface area contributed by atoms with E-state index in [0.717, 1.165) is 24.9 Å². The normalized spacial score (nSPS) is 12.1. The molecule has 0 bridgehead atoms. The Morgan fingerprint density at radius 3 is 2.93 bits per heavy atom. The molecule has 1 N–H and O–H groups in total. The van der Waals surface area contributed by atoms with Crippen molar-refractivity contribution in [2.24, 2.45) is 0 Å². The Hall–Kier alpha value is -1.04. The van der Waals surface area contributed by atoms with Gasteiger partial charge < -0.3 is 0 Å². The van der Waals surface area contributed by atoms with Gasteiger partial charge in [-0.15, -0.1) is 0 Å². The first-order valence-electron chi connectivity index (χ1n) is 5.16. The van der Waals surface area contributed by atoms with Gasteiger partial charge in [0.15, 0.2) is 0 Å². The Morgan fingerprint density at radius 2 is 2.33 bits per heavy atom. The highest BCUT2D eigenvalue weighted by Gasteiger charge is 2.08. The summed E-state index contributed by atoms with van der Waals surface area (Å²) in [5.41, 5.74) is 0.932. The summed E-state index contributed by atoms with van der Waals surface area (Å²) in [6.45, 7) is 2.99. The second kappa shape index (κ2) is 6.44. The van der Waals surface area contributed by atoms with Crippen LogP contribution in [-0.4, -0.2) is 6.54 Å². The maximum absolute atomic E-state index is 9.01. The molecule has 0 aromatic heterocycles. The number of rotatable bonds is 5. The van der Waals surface area contributed by atoms with E-state index < -0.39 is 0 Å². The van der Waals surface area contributed by atoms with E-state index in [2.05, 4.69) is 18.3 Å². The van der Waals surface area contributed by atoms with E-state index in [1.54, 1.807) is 0 Å². The minimum Gasteiger partial charge on any atom is -0.298 e. The van der Waals surface area contributed by atoms with Crippen molar-refractivity contribution in [2.45, 2.75) is 25.8 Å². The molecule has 0 saturated carbocycles. The number of hydrogen-bond acceptors (Lipinski definition) is 2. The lowest BCUT2D eigenvalue weighted by Gasteiger charge is -2.11. The van der Waals surface area contributed by atoms with Gasteiger partial charge in [0, 0.05) is 5.02 Å². The van der Waals surface area contributed by atoms with Gasteiger partial charge in [0.2, 0.25) is 0 Å². The van der Waals surface area contributed by atoms with Crippen molar-refractivity contribution in [3.63, 3.8) is 0 Å². The minimum atomic E-state index is -0.254. The zero-order valence-corrected chi connectivity index (χ0v) is 9.59. The van der Waals surface area contributed by atoms with Crippen molar-refractivity contribution in [1.29, 1.82) is 5.26 Å². The molecule has 0 saturated heterocycles. The van der Waals surface area contributed by atoms with Gasteiger partial charge in [-0.25, -0.2) is 0 Å². The van der Waals surface area contributed by atoms with Crippen LogP contribution in [0.1, 0.15) is 31.4 Å². The first-order chi connectivity index (χ1) is 7.27. The molecule has 0 heterocycles. The van der Waals surface area contributed by atoms with Crippen molar-refractivity contribution >= 4 is 11.6 Å². The molecule has 0 radical (unpaired) electrons. The zero-order chi connectivity index (χ0) is 11.1. The molecular weight excluding hydrogens is 208 g/mol. The van der Waals surface area contributed by atoms with E-state index in [4.69, 9.17) is 16.9 Å². The van der Waals surface area contributed by atoms with Crippen molar-refractivity contribution < 1.29 is 0 Å². The molecule has 0 amide bonds. The van der Waals surface area contributed by atoms with Crippen LogP contribution in [0.15, 0.2) is 24.3 Å². The molecule has 1 aromatic carbocycles. The van der Waals surface area contributed by atoms with E-state index in [0.29, 0.717) is 5.02 Å². The third-order valence-electron chi connectivity index (χ3n) is 2.19. The average molecular weight is 223 g/mol. The Balaban J connectivity index is 2.63. The summed E-state index contributed by atoms with van der Waals surface area (Å²) in [4.78, 5) is 0. The standard InChI is InChI=1S/C12H15ClN2/c1-2-3-7-15-12(9-14)10-5-4-6-11(13)8-10/h4-6,8,12,15H,2-3,7H2,1H3. The molecule has 1 unspecified atom stereocenters. The highest BCUT2D eigenvalue weighted by molar-refractivity contribution is 6.30. The fourth-order valence-corrected chi connectivity index (χ4v) is 1.55. The van der Waals surface area contributed by atoms with Crippen LogP contribution in [0, 0.1) is 11.3 Å². The summed E-state index contributed by atoms with van der Waals surface area (Å²) in [6, 6.07) is 9.40. The number of nitriles is 1. The summed E-state index contributed by atoms with van der Waals surface area (Å²) in [6.07, 6.45) is 2.21. The Morgan fingerprint density at radius 1 is 1.53 bits per heavy atom. The maximum Gasteiger partial charge on any atom is 0.121 e. The van der Waals surface area contributed by atoms with Crippen molar-refractivity contribution in [1.82, 2.24) is 5.32 Å². The Kier molecular flexibility index (Phi) is 5.17. The monoisotopic (exact) mass is 222 g/mol. The zero-order valence-electron chi connectivity index (χ0n) is 8.83. The number of hydrogen-bond donors (Lipinski definition) is 1. The van der Waals surface area contributed by atoms with Crippen LogP contribution in [0.4, 0.5) is 0 Å². The molecule has 0 aliphatic carbocycles. The molecule has 1 rings (SSSR count). The minimum absolute atomic E-state index is 0.254. The lowest BCUT2D eigenvalue weighted by atomic mass is 10.1. The van der Waals surface area contributed by atoms with Crippen LogP contribution in [0.25, 0.3) is 0 Å². The Labute approximate surface area is 95.9 Å². The molecule has 1 aromatic rings. The smallest absolute Gasteiger partial charge is 0.121 e. The van der Waals surface area contributed by atoms with Gasteiger partial charge >= 0.3 is 0 Å². The van der Waals surface area contributed by atoms with Gasteiger partial charge in [-0.05, 0) is 30.7 Å². The van der Waals surface area contributed by atoms with Gasteiger partial charge in [-0.2, -0.15) is 5.26 Å². The second-order valence-corrected chi connectivity index (χ2v) is 3.86. The summed E-state index contributed by atoms with van der Waals surface area (Å²) in [5, 5.41) is 12.9. The SMILES string of the molecule is CCCCNC(C#N)c1cccc(Cl)c1. The third kappa shape index (κ3) is 3.91. The molecule has 0 spiro atoms. The van der Waals surface area contributed by atoms with E-state index >= 15 is 0 Å². The molecule has 3 heteroatoms. The number of halogens is 1. The number of nitrogens with one attached hydrogen (secondary N) is 1. The number of nitrogens with zero attached hydrogens (tertiary/aromatic N) is 1. The van der Waals surface area contributed by atoms with Gasteiger partial charge in [0.1, 0.15) is 6.04 Å². The predicted molar refractivity (Wildman–Crippen MR) is 62.7 cm³/mol. The van der Waals surface area contributed by atoms with E-state index in [-0.39, 0.29) is 6.04 Å². The van der Waals surface area contributed by atoms with E-state index in [1.165, 1.54) is 0 Å². The van der Waals surface area contributed by atoms with E-state index in [9.17, 15) is 0 Å². The first kappa shape index (κ1) is 12.0. The van der Waals surface area contributed by atoms with E-state index in [1.807, 2.05) is 24.3 Å². The van der Waals surface area contributed by atoms with Crippen LogP contribution in [0.3, 0.4) is 0 Å². The summed E-state index contributed by atoms with van der Waals surface area (Å²) < 4.78 is 0. The van der Waals surface area contributed by atoms with Gasteiger partial charge in [-0.3, -0.25) is 5.32 Å². The second-order valence-electron chi connectivity index (χ2n) is 3.42. The van der Waals surface area contributed by atoms with Crippen LogP contribution in [0.2, 0.25) is 5.02 Å². The molecule has 2 nitrogen and oxygen atoms in total. The van der Waals surface area contributed by atoms with Crippen molar-refractivity contribution in [2.75, 3.05) is 6.54 Å². The van der Waals surface area contributed by atoms with Gasteiger partial charge in [0.25, 0.3) is 0 Å². The largest absolute Gasteiger partial charge is 0.298 e. The Bertz CT molecular complexity index is 344. The number of unbranched alkanes of at least 4 members (excludes halogenated alkanes) is 1. The van der Waals surface area contributed by atoms with Crippen molar-refractivity contribution in [3.05, 3.63) is 34.9 Å². The topological polar surface area (TPSA) is 35.8 Å². The first-order valence-corrected chi connectivity index (χ1v) is 5.54. The highest BCUT2D eigenvalue weighted by atomic mass is 35.5. The fourth-order valence-electron chi connectivity index (χ4n) is 1.35. The summed E-state index contributed by atoms with van der Waals surface area (Å²) >= 11 is 5.87. The average Bonchev–Trinajstić information content (AvgIpc) is 2.24. The van der Waals surface area contributed by atoms with Crippen LogP contribution >= 0.6 is 11.6 Å². The fraction of sp³-hybridized carbons (Fsp3) is 0.417. The van der Waals surface area contributed by atoms with Crippen LogP contribution in [0.5, 0.6) is 0 Å². The maximum atomic E-state index is 9.01. The molecule has 80 valence electrons. The quantitative estimate of drug-likeness (QED) is 0.776. The lowest BCUT2D eigenvalue weighted by molar-refractivity contribution is 0.598. The van der Waals surface area contributed by atoms with Crippen molar-refractivity contribution in [3.8, 4) is 6.07 Å². The summed E-state index contributed by atoms with van der Waals surface area (Å²) in [7, 11) is 0. The van der Waals surface area contributed by atoms with Gasteiger partial charge in [0.05, 0.1) is 6.07 Å². The van der Waals surface area contributed by atoms with Gasteiger partial charge in [-0.1, -0.05) is 37.1 Å².